The van der Waals surface area contributed by atoms with E-state index in [0.717, 1.165) is 5.75 Å². The first-order chi connectivity index (χ1) is 11.5. The smallest absolute Gasteiger partial charge is 0.127 e. The summed E-state index contributed by atoms with van der Waals surface area (Å²) in [6, 6.07) is 4.82. The molecule has 1 aromatic carbocycles. The molecule has 0 heterocycles. The highest BCUT2D eigenvalue weighted by Gasteiger charge is 2.36. The van der Waals surface area contributed by atoms with Crippen molar-refractivity contribution in [3.63, 3.8) is 0 Å². The third kappa shape index (κ3) is 4.30. The van der Waals surface area contributed by atoms with E-state index in [1.54, 1.807) is 0 Å². The second-order valence-corrected chi connectivity index (χ2v) is 10.1. The normalized spacial score (nSPS) is 24.4. The quantitative estimate of drug-likeness (QED) is 0.535. The van der Waals surface area contributed by atoms with Gasteiger partial charge in [-0.3, -0.25) is 0 Å². The number of hydrogen-bond donors (Lipinski definition) is 0. The lowest BCUT2D eigenvalue weighted by Crippen LogP contribution is -2.21. The SMILES string of the molecule is C=CCOc1c(C2C(C)CCC2C)cc(C(C)(C)C)cc1C(C)(C)C. The summed E-state index contributed by atoms with van der Waals surface area (Å²) < 4.78 is 6.30. The number of benzene rings is 1. The molecule has 0 N–H and O–H groups in total. The van der Waals surface area contributed by atoms with Crippen LogP contribution in [0.1, 0.15) is 90.8 Å². The van der Waals surface area contributed by atoms with Crippen LogP contribution in [0.5, 0.6) is 5.75 Å². The Bertz CT molecular complexity index is 602. The molecular formula is C24H38O. The lowest BCUT2D eigenvalue weighted by atomic mass is 9.75. The van der Waals surface area contributed by atoms with Crippen LogP contribution in [-0.2, 0) is 10.8 Å². The summed E-state index contributed by atoms with van der Waals surface area (Å²) in [7, 11) is 0. The van der Waals surface area contributed by atoms with Crippen LogP contribution in [0.15, 0.2) is 24.8 Å². The van der Waals surface area contributed by atoms with Gasteiger partial charge in [-0.15, -0.1) is 0 Å². The van der Waals surface area contributed by atoms with Gasteiger partial charge in [0.1, 0.15) is 12.4 Å². The summed E-state index contributed by atoms with van der Waals surface area (Å²) in [6.45, 7) is 23.1. The van der Waals surface area contributed by atoms with Crippen LogP contribution in [0.4, 0.5) is 0 Å². The third-order valence-corrected chi connectivity index (χ3v) is 5.80. The molecule has 1 heteroatoms. The highest BCUT2D eigenvalue weighted by molar-refractivity contribution is 5.51. The van der Waals surface area contributed by atoms with Gasteiger partial charge in [-0.1, -0.05) is 80.2 Å². The molecule has 1 aromatic rings. The van der Waals surface area contributed by atoms with Gasteiger partial charge >= 0.3 is 0 Å². The maximum Gasteiger partial charge on any atom is 0.127 e. The average molecular weight is 343 g/mol. The highest BCUT2D eigenvalue weighted by atomic mass is 16.5. The first-order valence-corrected chi connectivity index (χ1v) is 9.89. The molecule has 2 atom stereocenters. The van der Waals surface area contributed by atoms with Crippen LogP contribution in [-0.4, -0.2) is 6.61 Å². The standard InChI is InChI=1S/C24H38O/c1-10-13-25-22-19(21-16(2)11-12-17(21)3)14-18(23(4,5)6)15-20(22)24(7,8)9/h10,14-17,21H,1,11-13H2,2-9H3. The van der Waals surface area contributed by atoms with Gasteiger partial charge in [0, 0.05) is 5.56 Å². The van der Waals surface area contributed by atoms with Crippen molar-refractivity contribution in [3.8, 4) is 5.75 Å². The molecule has 2 unspecified atom stereocenters. The van der Waals surface area contributed by atoms with Gasteiger partial charge in [-0.05, 0) is 52.6 Å². The van der Waals surface area contributed by atoms with Crippen LogP contribution < -0.4 is 4.74 Å². The summed E-state index contributed by atoms with van der Waals surface area (Å²) in [4.78, 5) is 0. The molecule has 140 valence electrons. The van der Waals surface area contributed by atoms with E-state index in [9.17, 15) is 0 Å². The second kappa shape index (κ2) is 7.17. The summed E-state index contributed by atoms with van der Waals surface area (Å²) in [5.74, 6) is 3.13. The zero-order chi connectivity index (χ0) is 19.0. The monoisotopic (exact) mass is 342 g/mol. The molecule has 1 aliphatic carbocycles. The Hall–Kier alpha value is -1.24. The maximum atomic E-state index is 6.30. The average Bonchev–Trinajstić information content (AvgIpc) is 2.81. The highest BCUT2D eigenvalue weighted by Crippen LogP contribution is 2.50. The first kappa shape index (κ1) is 20.1. The van der Waals surface area contributed by atoms with Gasteiger partial charge in [0.05, 0.1) is 0 Å². The van der Waals surface area contributed by atoms with Crippen molar-refractivity contribution >= 4 is 0 Å². The molecule has 0 spiro atoms. The Labute approximate surface area is 155 Å². The van der Waals surface area contributed by atoms with Gasteiger partial charge < -0.3 is 4.74 Å². The van der Waals surface area contributed by atoms with Crippen molar-refractivity contribution in [2.45, 2.75) is 85.0 Å². The van der Waals surface area contributed by atoms with Crippen LogP contribution in [0.2, 0.25) is 0 Å². The predicted molar refractivity (Wildman–Crippen MR) is 110 cm³/mol. The molecular weight excluding hydrogens is 304 g/mol. The van der Waals surface area contributed by atoms with E-state index in [2.05, 4.69) is 74.1 Å². The fourth-order valence-electron chi connectivity index (χ4n) is 4.25. The molecule has 2 rings (SSSR count). The van der Waals surface area contributed by atoms with Crippen LogP contribution in [0.3, 0.4) is 0 Å². The van der Waals surface area contributed by atoms with Crippen molar-refractivity contribution in [2.75, 3.05) is 6.61 Å². The lowest BCUT2D eigenvalue weighted by Gasteiger charge is -2.32. The third-order valence-electron chi connectivity index (χ3n) is 5.80. The largest absolute Gasteiger partial charge is 0.489 e. The molecule has 0 radical (unpaired) electrons. The van der Waals surface area contributed by atoms with Gasteiger partial charge in [-0.25, -0.2) is 0 Å². The zero-order valence-electron chi connectivity index (χ0n) is 17.7. The molecule has 0 amide bonds. The fourth-order valence-corrected chi connectivity index (χ4v) is 4.25. The van der Waals surface area contributed by atoms with E-state index >= 15 is 0 Å². The minimum absolute atomic E-state index is 0.0532. The Morgan fingerprint density at radius 3 is 2.00 bits per heavy atom. The van der Waals surface area contributed by atoms with E-state index in [1.165, 1.54) is 29.5 Å². The molecule has 0 saturated heterocycles. The fraction of sp³-hybridized carbons (Fsp3) is 0.667. The Morgan fingerprint density at radius 2 is 1.56 bits per heavy atom. The summed E-state index contributed by atoms with van der Waals surface area (Å²) in [6.07, 6.45) is 4.49. The number of hydrogen-bond acceptors (Lipinski definition) is 1. The number of rotatable bonds is 4. The maximum absolute atomic E-state index is 6.30. The van der Waals surface area contributed by atoms with Crippen molar-refractivity contribution < 1.29 is 4.74 Å². The van der Waals surface area contributed by atoms with Crippen molar-refractivity contribution in [2.24, 2.45) is 11.8 Å². The molecule has 0 bridgehead atoms. The van der Waals surface area contributed by atoms with E-state index in [1.807, 2.05) is 6.08 Å². The molecule has 25 heavy (non-hydrogen) atoms. The van der Waals surface area contributed by atoms with Gasteiger partial charge in [-0.2, -0.15) is 0 Å². The van der Waals surface area contributed by atoms with Gasteiger partial charge in [0.2, 0.25) is 0 Å². The molecule has 1 fully saturated rings. The van der Waals surface area contributed by atoms with Crippen molar-refractivity contribution in [1.82, 2.24) is 0 Å². The first-order valence-electron chi connectivity index (χ1n) is 9.89. The summed E-state index contributed by atoms with van der Waals surface area (Å²) in [5.41, 5.74) is 4.37. The van der Waals surface area contributed by atoms with Crippen LogP contribution in [0.25, 0.3) is 0 Å². The van der Waals surface area contributed by atoms with Gasteiger partial charge in [0.25, 0.3) is 0 Å². The Kier molecular flexibility index (Phi) is 5.76. The molecule has 1 saturated carbocycles. The second-order valence-electron chi connectivity index (χ2n) is 10.1. The van der Waals surface area contributed by atoms with E-state index in [4.69, 9.17) is 4.74 Å². The topological polar surface area (TPSA) is 9.23 Å². The molecule has 0 aliphatic heterocycles. The van der Waals surface area contributed by atoms with E-state index in [0.29, 0.717) is 24.4 Å². The minimum atomic E-state index is 0.0532. The van der Waals surface area contributed by atoms with Gasteiger partial charge in [0.15, 0.2) is 0 Å². The molecule has 1 aliphatic rings. The predicted octanol–water partition coefficient (Wildman–Crippen LogP) is 7.00. The van der Waals surface area contributed by atoms with E-state index in [-0.39, 0.29) is 10.8 Å². The minimum Gasteiger partial charge on any atom is -0.489 e. The Balaban J connectivity index is 2.74. The van der Waals surface area contributed by atoms with Crippen molar-refractivity contribution in [3.05, 3.63) is 41.5 Å². The number of ether oxygens (including phenoxy) is 1. The summed E-state index contributed by atoms with van der Waals surface area (Å²) in [5, 5.41) is 0. The van der Waals surface area contributed by atoms with Crippen molar-refractivity contribution in [1.29, 1.82) is 0 Å². The molecule has 0 aromatic heterocycles. The van der Waals surface area contributed by atoms with E-state index < -0.39 is 0 Å². The lowest BCUT2D eigenvalue weighted by molar-refractivity contribution is 0.334. The van der Waals surface area contributed by atoms with Crippen LogP contribution in [0, 0.1) is 11.8 Å². The Morgan fingerprint density at radius 1 is 1.00 bits per heavy atom. The molecule has 1 nitrogen and oxygen atoms in total. The summed E-state index contributed by atoms with van der Waals surface area (Å²) >= 11 is 0. The zero-order valence-corrected chi connectivity index (χ0v) is 17.7. The van der Waals surface area contributed by atoms with Crippen LogP contribution >= 0.6 is 0 Å².